The molecule has 1 N–H and O–H groups in total. The predicted molar refractivity (Wildman–Crippen MR) is 79.4 cm³/mol. The summed E-state index contributed by atoms with van der Waals surface area (Å²) in [6.45, 7) is 5.85. The van der Waals surface area contributed by atoms with Crippen molar-refractivity contribution in [1.29, 1.82) is 0 Å². The first-order valence-corrected chi connectivity index (χ1v) is 7.22. The van der Waals surface area contributed by atoms with Crippen molar-refractivity contribution < 1.29 is 14.3 Å². The molecule has 0 amide bonds. The average molecular weight is 279 g/mol. The summed E-state index contributed by atoms with van der Waals surface area (Å²) in [7, 11) is 1.68. The topological polar surface area (TPSA) is 47.6 Å². The van der Waals surface area contributed by atoms with Gasteiger partial charge in [-0.05, 0) is 17.9 Å². The molecule has 1 heterocycles. The van der Waals surface area contributed by atoms with Crippen LogP contribution in [0.2, 0.25) is 0 Å². The molecule has 4 heteroatoms. The zero-order chi connectivity index (χ0) is 14.8. The number of nitrogens with one attached hydrogen (secondary N) is 1. The first-order valence-electron chi connectivity index (χ1n) is 7.22. The van der Waals surface area contributed by atoms with Crippen molar-refractivity contribution in [2.45, 2.75) is 32.9 Å². The predicted octanol–water partition coefficient (Wildman–Crippen LogP) is 2.38. The van der Waals surface area contributed by atoms with Crippen LogP contribution in [0.3, 0.4) is 0 Å². The van der Waals surface area contributed by atoms with Gasteiger partial charge in [0.15, 0.2) is 0 Å². The lowest BCUT2D eigenvalue weighted by Crippen LogP contribution is -2.32. The molecule has 112 valence electrons. The summed E-state index contributed by atoms with van der Waals surface area (Å²) in [5, 5.41) is 3.17. The molecule has 0 saturated carbocycles. The lowest BCUT2D eigenvalue weighted by Gasteiger charge is -2.10. The molecule has 0 aromatic heterocycles. The second-order valence-corrected chi connectivity index (χ2v) is 4.61. The smallest absolute Gasteiger partial charge is 0.323 e. The van der Waals surface area contributed by atoms with Crippen LogP contribution < -0.4 is 5.32 Å². The molecule has 1 aliphatic rings. The number of methoxy groups -OCH3 is 1. The molecule has 0 bridgehead atoms. The van der Waals surface area contributed by atoms with Gasteiger partial charge in [0, 0.05) is 13.7 Å². The maximum absolute atomic E-state index is 11.8. The largest absolute Gasteiger partial charge is 0.460 e. The standard InChI is InChI=1S/C14H19NO3.C2H6/c1-17-9-12-7-13(15-8-12)14(16)18-10-11-5-3-2-4-6-11;1-2/h2-6,12-13,15H,7-10H2,1H3;1-2H3. The maximum Gasteiger partial charge on any atom is 0.323 e. The SMILES string of the molecule is CC.COCC1CNC(C(=O)OCc2ccccc2)C1. The zero-order valence-electron chi connectivity index (χ0n) is 12.6. The molecule has 4 nitrogen and oxygen atoms in total. The van der Waals surface area contributed by atoms with Crippen LogP contribution in [0.5, 0.6) is 0 Å². The minimum atomic E-state index is -0.186. The fourth-order valence-electron chi connectivity index (χ4n) is 2.18. The zero-order valence-corrected chi connectivity index (χ0v) is 12.6. The van der Waals surface area contributed by atoms with Crippen molar-refractivity contribution in [3.8, 4) is 0 Å². The van der Waals surface area contributed by atoms with Crippen molar-refractivity contribution >= 4 is 5.97 Å². The van der Waals surface area contributed by atoms with Gasteiger partial charge in [-0.1, -0.05) is 44.2 Å². The molecular formula is C16H25NO3. The molecule has 0 radical (unpaired) electrons. The molecule has 1 aromatic rings. The minimum absolute atomic E-state index is 0.169. The van der Waals surface area contributed by atoms with Crippen molar-refractivity contribution in [3.05, 3.63) is 35.9 Å². The Hall–Kier alpha value is -1.39. The Labute approximate surface area is 121 Å². The Morgan fingerprint density at radius 2 is 2.00 bits per heavy atom. The summed E-state index contributed by atoms with van der Waals surface area (Å²) in [6.07, 6.45) is 0.793. The lowest BCUT2D eigenvalue weighted by molar-refractivity contribution is -0.147. The van der Waals surface area contributed by atoms with E-state index in [1.807, 2.05) is 44.2 Å². The number of hydrogen-bond donors (Lipinski definition) is 1. The third kappa shape index (κ3) is 5.31. The second kappa shape index (κ2) is 9.50. The monoisotopic (exact) mass is 279 g/mol. The van der Waals surface area contributed by atoms with Crippen LogP contribution in [-0.4, -0.2) is 32.3 Å². The Morgan fingerprint density at radius 1 is 1.30 bits per heavy atom. The van der Waals surface area contributed by atoms with Crippen LogP contribution in [0.1, 0.15) is 25.8 Å². The molecule has 2 unspecified atom stereocenters. The molecule has 1 saturated heterocycles. The molecule has 0 spiro atoms. The number of esters is 1. The van der Waals surface area contributed by atoms with E-state index in [9.17, 15) is 4.79 Å². The summed E-state index contributed by atoms with van der Waals surface area (Å²) in [4.78, 5) is 11.8. The van der Waals surface area contributed by atoms with Crippen LogP contribution in [0, 0.1) is 5.92 Å². The summed E-state index contributed by atoms with van der Waals surface area (Å²) >= 11 is 0. The molecule has 1 fully saturated rings. The van der Waals surface area contributed by atoms with E-state index in [2.05, 4.69) is 5.32 Å². The Kier molecular flexibility index (Phi) is 7.92. The first kappa shape index (κ1) is 16.7. The van der Waals surface area contributed by atoms with E-state index < -0.39 is 0 Å². The maximum atomic E-state index is 11.8. The van der Waals surface area contributed by atoms with Crippen LogP contribution >= 0.6 is 0 Å². The highest BCUT2D eigenvalue weighted by Crippen LogP contribution is 2.15. The molecule has 0 aliphatic carbocycles. The second-order valence-electron chi connectivity index (χ2n) is 4.61. The first-order chi connectivity index (χ1) is 9.79. The number of carbonyl (C=O) groups excluding carboxylic acids is 1. The minimum Gasteiger partial charge on any atom is -0.460 e. The fourth-order valence-corrected chi connectivity index (χ4v) is 2.18. The summed E-state index contributed by atoms with van der Waals surface area (Å²) in [6, 6.07) is 9.52. The third-order valence-corrected chi connectivity index (χ3v) is 3.13. The van der Waals surface area contributed by atoms with Gasteiger partial charge >= 0.3 is 5.97 Å². The van der Waals surface area contributed by atoms with Gasteiger partial charge in [-0.3, -0.25) is 4.79 Å². The molecule has 1 aromatic carbocycles. The van der Waals surface area contributed by atoms with Crippen molar-refractivity contribution in [2.75, 3.05) is 20.3 Å². The number of hydrogen-bond acceptors (Lipinski definition) is 4. The van der Waals surface area contributed by atoms with Crippen molar-refractivity contribution in [1.82, 2.24) is 5.32 Å². The molecule has 2 atom stereocenters. The van der Waals surface area contributed by atoms with Crippen LogP contribution in [-0.2, 0) is 20.9 Å². The van der Waals surface area contributed by atoms with Gasteiger partial charge in [0.25, 0.3) is 0 Å². The Balaban J connectivity index is 0.000000956. The van der Waals surface area contributed by atoms with Gasteiger partial charge < -0.3 is 14.8 Å². The summed E-state index contributed by atoms with van der Waals surface area (Å²) in [5.41, 5.74) is 1.01. The summed E-state index contributed by atoms with van der Waals surface area (Å²) in [5.74, 6) is 0.238. The Morgan fingerprint density at radius 3 is 2.65 bits per heavy atom. The van der Waals surface area contributed by atoms with E-state index in [0.29, 0.717) is 19.1 Å². The van der Waals surface area contributed by atoms with Crippen LogP contribution in [0.25, 0.3) is 0 Å². The normalized spacial score (nSPS) is 20.9. The van der Waals surface area contributed by atoms with E-state index in [4.69, 9.17) is 9.47 Å². The van der Waals surface area contributed by atoms with Gasteiger partial charge in [-0.25, -0.2) is 0 Å². The highest BCUT2D eigenvalue weighted by Gasteiger charge is 2.30. The van der Waals surface area contributed by atoms with Gasteiger partial charge in [0.2, 0.25) is 0 Å². The number of carbonyl (C=O) groups is 1. The van der Waals surface area contributed by atoms with E-state index in [-0.39, 0.29) is 12.0 Å². The quantitative estimate of drug-likeness (QED) is 0.841. The average Bonchev–Trinajstić information content (AvgIpc) is 2.97. The number of rotatable bonds is 5. The third-order valence-electron chi connectivity index (χ3n) is 3.13. The van der Waals surface area contributed by atoms with Crippen LogP contribution in [0.15, 0.2) is 30.3 Å². The molecular weight excluding hydrogens is 254 g/mol. The summed E-state index contributed by atoms with van der Waals surface area (Å²) < 4.78 is 10.4. The molecule has 1 aliphatic heterocycles. The van der Waals surface area contributed by atoms with Crippen molar-refractivity contribution in [2.24, 2.45) is 5.92 Å². The number of ether oxygens (including phenoxy) is 2. The number of benzene rings is 1. The highest BCUT2D eigenvalue weighted by atomic mass is 16.5. The van der Waals surface area contributed by atoms with Crippen LogP contribution in [0.4, 0.5) is 0 Å². The van der Waals surface area contributed by atoms with Gasteiger partial charge in [0.05, 0.1) is 6.61 Å². The lowest BCUT2D eigenvalue weighted by atomic mass is 10.1. The van der Waals surface area contributed by atoms with Gasteiger partial charge in [-0.2, -0.15) is 0 Å². The van der Waals surface area contributed by atoms with E-state index >= 15 is 0 Å². The Bertz CT molecular complexity index is 381. The van der Waals surface area contributed by atoms with E-state index in [0.717, 1.165) is 18.5 Å². The fraction of sp³-hybridized carbons (Fsp3) is 0.562. The van der Waals surface area contributed by atoms with E-state index in [1.54, 1.807) is 7.11 Å². The highest BCUT2D eigenvalue weighted by molar-refractivity contribution is 5.76. The van der Waals surface area contributed by atoms with Gasteiger partial charge in [-0.15, -0.1) is 0 Å². The van der Waals surface area contributed by atoms with E-state index in [1.165, 1.54) is 0 Å². The molecule has 2 rings (SSSR count). The van der Waals surface area contributed by atoms with Gasteiger partial charge in [0.1, 0.15) is 12.6 Å². The molecule has 20 heavy (non-hydrogen) atoms. The van der Waals surface area contributed by atoms with Crippen molar-refractivity contribution in [3.63, 3.8) is 0 Å².